The molecule has 0 spiro atoms. The van der Waals surface area contributed by atoms with Crippen LogP contribution < -0.4 is 11.5 Å². The zero-order valence-corrected chi connectivity index (χ0v) is 10.5. The van der Waals surface area contributed by atoms with Gasteiger partial charge in [0.1, 0.15) is 0 Å². The van der Waals surface area contributed by atoms with E-state index in [1.807, 2.05) is 0 Å². The summed E-state index contributed by atoms with van der Waals surface area (Å²) in [4.78, 5) is 4.17. The summed E-state index contributed by atoms with van der Waals surface area (Å²) >= 11 is 0. The van der Waals surface area contributed by atoms with Gasteiger partial charge in [0, 0.05) is 6.17 Å². The maximum Gasteiger partial charge on any atom is 0.185 e. The maximum atomic E-state index is 5.35. The third-order valence-electron chi connectivity index (χ3n) is 3.20. The number of guanidine groups is 1. The Morgan fingerprint density at radius 2 is 1.77 bits per heavy atom. The molecule has 13 heavy (non-hydrogen) atoms. The first-order valence-corrected chi connectivity index (χ1v) is 7.70. The van der Waals surface area contributed by atoms with E-state index in [0.29, 0.717) is 5.04 Å². The van der Waals surface area contributed by atoms with Crippen LogP contribution in [-0.4, -0.2) is 20.2 Å². The molecular weight excluding hydrogens is 178 g/mol. The zero-order chi connectivity index (χ0) is 10.7. The van der Waals surface area contributed by atoms with Crippen LogP contribution >= 0.6 is 0 Å². The average molecular weight is 201 g/mol. The zero-order valence-electron chi connectivity index (χ0n) is 9.52. The molecule has 0 aromatic heterocycles. The smallest absolute Gasteiger partial charge is 0.185 e. The monoisotopic (exact) mass is 201 g/mol. The molecule has 0 aromatic carbocycles. The lowest BCUT2D eigenvalue weighted by Crippen LogP contribution is -2.44. The van der Waals surface area contributed by atoms with Crippen LogP contribution in [0, 0.1) is 0 Å². The van der Waals surface area contributed by atoms with E-state index < -0.39 is 8.07 Å². The number of rotatable bonds is 3. The normalized spacial score (nSPS) is 16.4. The second kappa shape index (κ2) is 4.13. The highest BCUT2D eigenvalue weighted by atomic mass is 28.3. The minimum atomic E-state index is -1.34. The van der Waals surface area contributed by atoms with Crippen molar-refractivity contribution >= 4 is 14.0 Å². The van der Waals surface area contributed by atoms with Crippen molar-refractivity contribution in [2.75, 3.05) is 6.17 Å². The molecular formula is C9H23N3Si. The molecule has 1 unspecified atom stereocenters. The third kappa shape index (κ3) is 3.38. The Bertz CT molecular complexity index is 192. The highest BCUT2D eigenvalue weighted by Gasteiger charge is 2.37. The van der Waals surface area contributed by atoms with Gasteiger partial charge in [-0.25, -0.2) is 0 Å². The molecule has 0 saturated heterocycles. The van der Waals surface area contributed by atoms with Crippen LogP contribution in [0.2, 0.25) is 17.6 Å². The molecule has 0 aromatic rings. The first-order valence-electron chi connectivity index (χ1n) is 4.78. The van der Waals surface area contributed by atoms with Crippen LogP contribution in [0.4, 0.5) is 0 Å². The minimum absolute atomic E-state index is 0.219. The fourth-order valence-electron chi connectivity index (χ4n) is 1.15. The minimum Gasteiger partial charge on any atom is -0.370 e. The lowest BCUT2D eigenvalue weighted by atomic mass is 10.2. The molecule has 3 nitrogen and oxygen atoms in total. The highest BCUT2D eigenvalue weighted by molar-refractivity contribution is 6.81. The molecule has 1 atom stereocenters. The highest BCUT2D eigenvalue weighted by Crippen LogP contribution is 2.38. The van der Waals surface area contributed by atoms with E-state index >= 15 is 0 Å². The summed E-state index contributed by atoms with van der Waals surface area (Å²) in [6.45, 7) is 11.4. The Balaban J connectivity index is 4.57. The van der Waals surface area contributed by atoms with Crippen molar-refractivity contribution < 1.29 is 0 Å². The Hall–Kier alpha value is -0.513. The first-order chi connectivity index (χ1) is 5.73. The Labute approximate surface area is 82.6 Å². The van der Waals surface area contributed by atoms with Gasteiger partial charge in [0.25, 0.3) is 0 Å². The van der Waals surface area contributed by atoms with Crippen molar-refractivity contribution in [3.05, 3.63) is 0 Å². The fraction of sp³-hybridized carbons (Fsp3) is 0.889. The van der Waals surface area contributed by atoms with E-state index in [9.17, 15) is 0 Å². The molecule has 4 heteroatoms. The Morgan fingerprint density at radius 3 is 2.00 bits per heavy atom. The van der Waals surface area contributed by atoms with Crippen LogP contribution in [0.1, 0.15) is 27.7 Å². The van der Waals surface area contributed by atoms with Crippen molar-refractivity contribution in [1.82, 2.24) is 0 Å². The predicted octanol–water partition coefficient (Wildman–Crippen LogP) is 1.70. The van der Waals surface area contributed by atoms with Gasteiger partial charge in [0.15, 0.2) is 5.96 Å². The van der Waals surface area contributed by atoms with Crippen molar-refractivity contribution in [1.29, 1.82) is 0 Å². The van der Waals surface area contributed by atoms with Gasteiger partial charge in [-0.05, 0) is 5.04 Å². The first kappa shape index (κ1) is 12.5. The summed E-state index contributed by atoms with van der Waals surface area (Å²) in [5.41, 5.74) is 10.7. The molecule has 0 heterocycles. The van der Waals surface area contributed by atoms with Crippen LogP contribution in [-0.2, 0) is 0 Å². The molecule has 0 bridgehead atoms. The largest absolute Gasteiger partial charge is 0.370 e. The fourth-order valence-corrected chi connectivity index (χ4v) is 3.44. The van der Waals surface area contributed by atoms with Crippen LogP contribution in [0.25, 0.3) is 0 Å². The standard InChI is InChI=1S/C9H23N3Si/c1-6-13(5,9(2,3)4)7-12-8(10)11/h6-7H2,1-5H3,(H4,10,11,12). The van der Waals surface area contributed by atoms with E-state index in [1.54, 1.807) is 0 Å². The maximum absolute atomic E-state index is 5.35. The van der Waals surface area contributed by atoms with Crippen molar-refractivity contribution in [3.63, 3.8) is 0 Å². The van der Waals surface area contributed by atoms with E-state index in [4.69, 9.17) is 11.5 Å². The summed E-state index contributed by atoms with van der Waals surface area (Å²) < 4.78 is 0. The van der Waals surface area contributed by atoms with Crippen molar-refractivity contribution in [2.24, 2.45) is 16.5 Å². The van der Waals surface area contributed by atoms with E-state index in [2.05, 4.69) is 39.2 Å². The van der Waals surface area contributed by atoms with Crippen molar-refractivity contribution in [3.8, 4) is 0 Å². The number of nitrogens with two attached hydrogens (primary N) is 2. The molecule has 0 aliphatic heterocycles. The summed E-state index contributed by atoms with van der Waals surface area (Å²) in [5.74, 6) is 0.219. The van der Waals surface area contributed by atoms with Gasteiger partial charge < -0.3 is 11.5 Å². The molecule has 0 aliphatic rings. The summed E-state index contributed by atoms with van der Waals surface area (Å²) in [6, 6.07) is 1.22. The lowest BCUT2D eigenvalue weighted by molar-refractivity contribution is 0.707. The lowest BCUT2D eigenvalue weighted by Gasteiger charge is -2.38. The number of hydrogen-bond acceptors (Lipinski definition) is 1. The average Bonchev–Trinajstić information content (AvgIpc) is 1.98. The van der Waals surface area contributed by atoms with Crippen molar-refractivity contribution in [2.45, 2.75) is 45.3 Å². The molecule has 0 saturated carbocycles. The number of aliphatic imine (C=N–C) groups is 1. The number of nitrogens with zero attached hydrogens (tertiary/aromatic N) is 1. The molecule has 4 N–H and O–H groups in total. The van der Waals surface area contributed by atoms with Gasteiger partial charge in [0.2, 0.25) is 0 Å². The molecule has 0 fully saturated rings. The Morgan fingerprint density at radius 1 is 1.31 bits per heavy atom. The second-order valence-corrected chi connectivity index (χ2v) is 10.5. The van der Waals surface area contributed by atoms with Crippen LogP contribution in [0.5, 0.6) is 0 Å². The topological polar surface area (TPSA) is 64.4 Å². The molecule has 0 rings (SSSR count). The molecule has 0 radical (unpaired) electrons. The third-order valence-corrected chi connectivity index (χ3v) is 9.24. The van der Waals surface area contributed by atoms with E-state index in [1.165, 1.54) is 6.04 Å². The van der Waals surface area contributed by atoms with Crippen LogP contribution in [0.3, 0.4) is 0 Å². The molecule has 78 valence electrons. The van der Waals surface area contributed by atoms with Gasteiger partial charge >= 0.3 is 0 Å². The Kier molecular flexibility index (Phi) is 3.97. The summed E-state index contributed by atoms with van der Waals surface area (Å²) in [7, 11) is -1.34. The molecule has 0 amide bonds. The van der Waals surface area contributed by atoms with Crippen LogP contribution in [0.15, 0.2) is 4.99 Å². The van der Waals surface area contributed by atoms with Gasteiger partial charge in [-0.15, -0.1) is 0 Å². The summed E-state index contributed by atoms with van der Waals surface area (Å²) in [5, 5.41) is 0.362. The quantitative estimate of drug-likeness (QED) is 0.415. The van der Waals surface area contributed by atoms with Gasteiger partial charge in [0.05, 0.1) is 8.07 Å². The van der Waals surface area contributed by atoms with Gasteiger partial charge in [-0.2, -0.15) is 0 Å². The SMILES string of the molecule is CC[Si](C)(CN=C(N)N)C(C)(C)C. The van der Waals surface area contributed by atoms with E-state index in [-0.39, 0.29) is 5.96 Å². The van der Waals surface area contributed by atoms with Gasteiger partial charge in [-0.3, -0.25) is 4.99 Å². The number of hydrogen-bond donors (Lipinski definition) is 2. The predicted molar refractivity (Wildman–Crippen MR) is 62.5 cm³/mol. The second-order valence-electron chi connectivity index (χ2n) is 4.91. The summed E-state index contributed by atoms with van der Waals surface area (Å²) in [6.07, 6.45) is 0.843. The molecule has 0 aliphatic carbocycles. The van der Waals surface area contributed by atoms with E-state index in [0.717, 1.165) is 6.17 Å². The van der Waals surface area contributed by atoms with Gasteiger partial charge in [-0.1, -0.05) is 40.3 Å².